The van der Waals surface area contributed by atoms with Crippen LogP contribution in [-0.4, -0.2) is 22.1 Å². The number of aryl methyl sites for hydroxylation is 1. The van der Waals surface area contributed by atoms with Crippen molar-refractivity contribution < 1.29 is 19.8 Å². The lowest BCUT2D eigenvalue weighted by Crippen LogP contribution is -2.12. The average molecular weight is 285 g/mol. The van der Waals surface area contributed by atoms with Gasteiger partial charge in [-0.1, -0.05) is 19.1 Å². The third-order valence-corrected chi connectivity index (χ3v) is 3.12. The molecule has 5 nitrogen and oxygen atoms in total. The van der Waals surface area contributed by atoms with Gasteiger partial charge in [-0.2, -0.15) is 0 Å². The molecule has 0 aliphatic heterocycles. The minimum atomic E-state index is -1.13. The third kappa shape index (κ3) is 3.39. The first kappa shape index (κ1) is 14.6. The summed E-state index contributed by atoms with van der Waals surface area (Å²) in [5.74, 6) is -1.72. The summed E-state index contributed by atoms with van der Waals surface area (Å²) in [7, 11) is 0. The first-order valence-electron chi connectivity index (χ1n) is 6.48. The molecule has 0 saturated carbocycles. The number of aromatic hydroxyl groups is 1. The Bertz CT molecular complexity index is 677. The quantitative estimate of drug-likeness (QED) is 0.754. The minimum Gasteiger partial charge on any atom is -0.506 e. The second-order valence-electron chi connectivity index (χ2n) is 4.54. The van der Waals surface area contributed by atoms with Crippen LogP contribution in [0.4, 0.5) is 5.69 Å². The van der Waals surface area contributed by atoms with Crippen molar-refractivity contribution in [1.82, 2.24) is 0 Å². The van der Waals surface area contributed by atoms with E-state index in [0.29, 0.717) is 5.56 Å². The van der Waals surface area contributed by atoms with Crippen molar-refractivity contribution in [3.63, 3.8) is 0 Å². The summed E-state index contributed by atoms with van der Waals surface area (Å²) in [6.45, 7) is 2.02. The topological polar surface area (TPSA) is 86.6 Å². The van der Waals surface area contributed by atoms with Gasteiger partial charge in [-0.25, -0.2) is 4.79 Å². The molecular formula is C16H15NO4. The third-order valence-electron chi connectivity index (χ3n) is 3.12. The maximum absolute atomic E-state index is 12.1. The molecule has 0 aliphatic rings. The number of benzene rings is 2. The van der Waals surface area contributed by atoms with Crippen LogP contribution in [0.15, 0.2) is 42.5 Å². The van der Waals surface area contributed by atoms with E-state index in [1.807, 2.05) is 19.1 Å². The molecule has 0 saturated heterocycles. The largest absolute Gasteiger partial charge is 0.506 e. The number of amides is 1. The SMILES string of the molecule is CCc1ccc(C(=O)Nc2cc(C(=O)O)ccc2O)cc1. The molecule has 21 heavy (non-hydrogen) atoms. The summed E-state index contributed by atoms with van der Waals surface area (Å²) >= 11 is 0. The second-order valence-corrected chi connectivity index (χ2v) is 4.54. The van der Waals surface area contributed by atoms with Gasteiger partial charge in [0.15, 0.2) is 0 Å². The first-order chi connectivity index (χ1) is 10.0. The van der Waals surface area contributed by atoms with Crippen LogP contribution < -0.4 is 5.32 Å². The zero-order valence-electron chi connectivity index (χ0n) is 11.5. The summed E-state index contributed by atoms with van der Waals surface area (Å²) in [6, 6.07) is 10.8. The van der Waals surface area contributed by atoms with Gasteiger partial charge in [0.1, 0.15) is 5.75 Å². The van der Waals surface area contributed by atoms with Crippen LogP contribution in [0.3, 0.4) is 0 Å². The van der Waals surface area contributed by atoms with Crippen molar-refractivity contribution in [2.75, 3.05) is 5.32 Å². The summed E-state index contributed by atoms with van der Waals surface area (Å²) in [5, 5.41) is 21.1. The molecule has 108 valence electrons. The molecule has 0 heterocycles. The fraction of sp³-hybridized carbons (Fsp3) is 0.125. The van der Waals surface area contributed by atoms with E-state index in [4.69, 9.17) is 5.11 Å². The molecular weight excluding hydrogens is 270 g/mol. The van der Waals surface area contributed by atoms with Crippen molar-refractivity contribution >= 4 is 17.6 Å². The maximum atomic E-state index is 12.1. The number of hydrogen-bond acceptors (Lipinski definition) is 3. The Morgan fingerprint density at radius 1 is 1.05 bits per heavy atom. The minimum absolute atomic E-state index is 0.00979. The highest BCUT2D eigenvalue weighted by atomic mass is 16.4. The number of phenolic OH excluding ortho intramolecular Hbond substituents is 1. The van der Waals surface area contributed by atoms with Gasteiger partial charge in [0, 0.05) is 5.56 Å². The lowest BCUT2D eigenvalue weighted by atomic mass is 10.1. The summed E-state index contributed by atoms with van der Waals surface area (Å²) < 4.78 is 0. The Morgan fingerprint density at radius 2 is 1.67 bits per heavy atom. The van der Waals surface area contributed by atoms with Gasteiger partial charge in [0.05, 0.1) is 11.3 Å². The Hall–Kier alpha value is -2.82. The van der Waals surface area contributed by atoms with E-state index < -0.39 is 11.9 Å². The van der Waals surface area contributed by atoms with Gasteiger partial charge in [-0.3, -0.25) is 4.79 Å². The van der Waals surface area contributed by atoms with Crippen molar-refractivity contribution in [3.05, 3.63) is 59.2 Å². The number of carbonyl (C=O) groups is 2. The van der Waals surface area contributed by atoms with Crippen molar-refractivity contribution in [1.29, 1.82) is 0 Å². The van der Waals surface area contributed by atoms with Gasteiger partial charge >= 0.3 is 5.97 Å². The van der Waals surface area contributed by atoms with E-state index >= 15 is 0 Å². The van der Waals surface area contributed by atoms with E-state index in [1.54, 1.807) is 12.1 Å². The van der Waals surface area contributed by atoms with E-state index in [0.717, 1.165) is 12.0 Å². The Morgan fingerprint density at radius 3 is 2.24 bits per heavy atom. The normalized spacial score (nSPS) is 10.1. The number of aromatic carboxylic acids is 1. The average Bonchev–Trinajstić information content (AvgIpc) is 2.49. The zero-order chi connectivity index (χ0) is 15.4. The molecule has 0 unspecified atom stereocenters. The highest BCUT2D eigenvalue weighted by molar-refractivity contribution is 6.05. The van der Waals surface area contributed by atoms with E-state index in [2.05, 4.69) is 5.32 Å². The molecule has 0 spiro atoms. The van der Waals surface area contributed by atoms with Crippen LogP contribution in [0, 0.1) is 0 Å². The van der Waals surface area contributed by atoms with Gasteiger partial charge in [0.25, 0.3) is 5.91 Å². The van der Waals surface area contributed by atoms with Crippen LogP contribution in [0.2, 0.25) is 0 Å². The lowest BCUT2D eigenvalue weighted by Gasteiger charge is -2.08. The highest BCUT2D eigenvalue weighted by Crippen LogP contribution is 2.25. The van der Waals surface area contributed by atoms with Crippen LogP contribution >= 0.6 is 0 Å². The first-order valence-corrected chi connectivity index (χ1v) is 6.48. The molecule has 0 radical (unpaired) electrons. The van der Waals surface area contributed by atoms with Crippen LogP contribution in [0.1, 0.15) is 33.2 Å². The standard InChI is InChI=1S/C16H15NO4/c1-2-10-3-5-11(6-4-10)15(19)17-13-9-12(16(20)21)7-8-14(13)18/h3-9,18H,2H2,1H3,(H,17,19)(H,20,21). The molecule has 5 heteroatoms. The molecule has 2 aromatic rings. The van der Waals surface area contributed by atoms with Crippen molar-refractivity contribution in [3.8, 4) is 5.75 Å². The highest BCUT2D eigenvalue weighted by Gasteiger charge is 2.12. The molecule has 0 bridgehead atoms. The van der Waals surface area contributed by atoms with Gasteiger partial charge in [-0.05, 0) is 42.3 Å². The van der Waals surface area contributed by atoms with E-state index in [-0.39, 0.29) is 17.0 Å². The lowest BCUT2D eigenvalue weighted by molar-refractivity contribution is 0.0696. The summed E-state index contributed by atoms with van der Waals surface area (Å²) in [5.41, 5.74) is 1.61. The predicted molar refractivity (Wildman–Crippen MR) is 78.8 cm³/mol. The fourth-order valence-corrected chi connectivity index (χ4v) is 1.86. The second kappa shape index (κ2) is 6.09. The maximum Gasteiger partial charge on any atom is 0.335 e. The summed E-state index contributed by atoms with van der Waals surface area (Å²) in [4.78, 5) is 23.0. The number of nitrogens with one attached hydrogen (secondary N) is 1. The number of carboxylic acids is 1. The molecule has 0 fully saturated rings. The fourth-order valence-electron chi connectivity index (χ4n) is 1.86. The molecule has 0 aromatic heterocycles. The Balaban J connectivity index is 2.22. The van der Waals surface area contributed by atoms with Gasteiger partial charge in [0.2, 0.25) is 0 Å². The van der Waals surface area contributed by atoms with Crippen LogP contribution in [0.25, 0.3) is 0 Å². The molecule has 3 N–H and O–H groups in total. The Labute approximate surface area is 121 Å². The number of carboxylic acid groups (broad SMARTS) is 1. The number of phenols is 1. The summed E-state index contributed by atoms with van der Waals surface area (Å²) in [6.07, 6.45) is 0.878. The zero-order valence-corrected chi connectivity index (χ0v) is 11.5. The monoisotopic (exact) mass is 285 g/mol. The van der Waals surface area contributed by atoms with Crippen LogP contribution in [-0.2, 0) is 6.42 Å². The van der Waals surface area contributed by atoms with E-state index in [9.17, 15) is 14.7 Å². The van der Waals surface area contributed by atoms with Crippen LogP contribution in [0.5, 0.6) is 5.75 Å². The number of hydrogen-bond donors (Lipinski definition) is 3. The Kier molecular flexibility index (Phi) is 4.23. The molecule has 2 rings (SSSR count). The number of carbonyl (C=O) groups excluding carboxylic acids is 1. The molecule has 0 atom stereocenters. The van der Waals surface area contributed by atoms with Crippen molar-refractivity contribution in [2.24, 2.45) is 0 Å². The smallest absolute Gasteiger partial charge is 0.335 e. The molecule has 1 amide bonds. The van der Waals surface area contributed by atoms with Gasteiger partial charge < -0.3 is 15.5 Å². The molecule has 2 aromatic carbocycles. The molecule has 0 aliphatic carbocycles. The predicted octanol–water partition coefficient (Wildman–Crippen LogP) is 2.91. The number of anilines is 1. The van der Waals surface area contributed by atoms with Crippen molar-refractivity contribution in [2.45, 2.75) is 13.3 Å². The number of rotatable bonds is 4. The van der Waals surface area contributed by atoms with E-state index in [1.165, 1.54) is 18.2 Å². The van der Waals surface area contributed by atoms with Gasteiger partial charge in [-0.15, -0.1) is 0 Å².